The van der Waals surface area contributed by atoms with Gasteiger partial charge in [0.2, 0.25) is 0 Å². The van der Waals surface area contributed by atoms with Crippen molar-refractivity contribution >= 4 is 17.5 Å². The Morgan fingerprint density at radius 2 is 2.08 bits per heavy atom. The molecule has 2 N–H and O–H groups in total. The largest absolute Gasteiger partial charge is 0.347 e. The highest BCUT2D eigenvalue weighted by Crippen LogP contribution is 2.62. The molecule has 0 aliphatic heterocycles. The van der Waals surface area contributed by atoms with Crippen LogP contribution in [-0.4, -0.2) is 22.1 Å². The Bertz CT molecular complexity index is 867. The van der Waals surface area contributed by atoms with E-state index in [9.17, 15) is 4.79 Å². The Balaban J connectivity index is 1.55. The number of aromatic amines is 1. The lowest BCUT2D eigenvalue weighted by molar-refractivity contribution is 0.0733. The summed E-state index contributed by atoms with van der Waals surface area (Å²) >= 11 is 6.10. The molecule has 1 aromatic carbocycles. The second kappa shape index (κ2) is 5.85. The first-order valence-electron chi connectivity index (χ1n) is 9.33. The van der Waals surface area contributed by atoms with Crippen molar-refractivity contribution in [1.82, 2.24) is 15.5 Å². The number of benzene rings is 1. The molecular weight excluding hydrogens is 346 g/mol. The van der Waals surface area contributed by atoms with E-state index in [-0.39, 0.29) is 22.8 Å². The Labute approximate surface area is 159 Å². The molecule has 1 heterocycles. The first-order chi connectivity index (χ1) is 12.2. The Hall–Kier alpha value is -1.81. The van der Waals surface area contributed by atoms with Gasteiger partial charge in [-0.15, -0.1) is 0 Å². The lowest BCUT2D eigenvalue weighted by Gasteiger charge is -2.42. The zero-order valence-corrected chi connectivity index (χ0v) is 16.6. The minimum absolute atomic E-state index is 0.0926. The standard InChI is InChI=1S/C21H26ClN3O/c1-12-9-13(5-6-15(12)22)16-10-17(25-24-16)18(26)23-19-20(2,3)14-7-8-21(19,4)11-14/h5-6,9-10,14,19H,7-8,11H2,1-4H3,(H,23,26)(H,24,25). The van der Waals surface area contributed by atoms with Gasteiger partial charge in [-0.2, -0.15) is 5.10 Å². The molecule has 0 spiro atoms. The number of H-pyrrole nitrogens is 1. The minimum Gasteiger partial charge on any atom is -0.347 e. The number of nitrogens with one attached hydrogen (secondary N) is 2. The summed E-state index contributed by atoms with van der Waals surface area (Å²) in [6, 6.07) is 7.81. The van der Waals surface area contributed by atoms with Crippen molar-refractivity contribution in [3.8, 4) is 11.3 Å². The number of nitrogens with zero attached hydrogens (tertiary/aromatic N) is 1. The van der Waals surface area contributed by atoms with Crippen LogP contribution in [0.25, 0.3) is 11.3 Å². The van der Waals surface area contributed by atoms with E-state index in [2.05, 4.69) is 36.3 Å². The van der Waals surface area contributed by atoms with E-state index < -0.39 is 0 Å². The quantitative estimate of drug-likeness (QED) is 0.799. The lowest BCUT2D eigenvalue weighted by atomic mass is 9.68. The monoisotopic (exact) mass is 371 g/mol. The third-order valence-corrected chi connectivity index (χ3v) is 7.25. The number of halogens is 1. The highest BCUT2D eigenvalue weighted by Gasteiger charge is 2.59. The van der Waals surface area contributed by atoms with Crippen LogP contribution >= 0.6 is 11.6 Å². The predicted molar refractivity (Wildman–Crippen MR) is 104 cm³/mol. The van der Waals surface area contributed by atoms with E-state index in [4.69, 9.17) is 11.6 Å². The van der Waals surface area contributed by atoms with Gasteiger partial charge in [-0.1, -0.05) is 38.4 Å². The normalized spacial score (nSPS) is 29.1. The number of amides is 1. The Kier molecular flexibility index (Phi) is 3.96. The maximum atomic E-state index is 12.9. The average Bonchev–Trinajstić information content (AvgIpc) is 3.25. The van der Waals surface area contributed by atoms with Gasteiger partial charge in [0.25, 0.3) is 5.91 Å². The van der Waals surface area contributed by atoms with E-state index in [1.165, 1.54) is 19.3 Å². The van der Waals surface area contributed by atoms with Gasteiger partial charge in [-0.3, -0.25) is 9.89 Å². The molecule has 0 saturated heterocycles. The SMILES string of the molecule is Cc1cc(-c2cc(C(=O)NC3C4(C)CCC(C4)C3(C)C)n[nH]2)ccc1Cl. The van der Waals surface area contributed by atoms with Crippen molar-refractivity contribution in [1.29, 1.82) is 0 Å². The van der Waals surface area contributed by atoms with Crippen molar-refractivity contribution in [2.45, 2.75) is 53.0 Å². The highest BCUT2D eigenvalue weighted by molar-refractivity contribution is 6.31. The first kappa shape index (κ1) is 17.6. The van der Waals surface area contributed by atoms with Gasteiger partial charge in [-0.05, 0) is 72.3 Å². The molecule has 5 heteroatoms. The molecular formula is C21H26ClN3O. The summed E-state index contributed by atoms with van der Waals surface area (Å²) < 4.78 is 0. The summed E-state index contributed by atoms with van der Waals surface area (Å²) in [6.07, 6.45) is 3.68. The molecule has 1 amide bonds. The molecule has 3 atom stereocenters. The van der Waals surface area contributed by atoms with E-state index >= 15 is 0 Å². The molecule has 26 heavy (non-hydrogen) atoms. The highest BCUT2D eigenvalue weighted by atomic mass is 35.5. The van der Waals surface area contributed by atoms with Crippen molar-refractivity contribution < 1.29 is 4.79 Å². The fourth-order valence-corrected chi connectivity index (χ4v) is 5.38. The van der Waals surface area contributed by atoms with Crippen molar-refractivity contribution in [2.75, 3.05) is 0 Å². The van der Waals surface area contributed by atoms with E-state index in [1.807, 2.05) is 31.2 Å². The van der Waals surface area contributed by atoms with Crippen LogP contribution in [0.3, 0.4) is 0 Å². The summed E-state index contributed by atoms with van der Waals surface area (Å²) in [5.74, 6) is 0.606. The number of fused-ring (bicyclic) bond motifs is 2. The summed E-state index contributed by atoms with van der Waals surface area (Å²) in [5.41, 5.74) is 3.58. The molecule has 3 unspecified atom stereocenters. The maximum Gasteiger partial charge on any atom is 0.272 e. The van der Waals surface area contributed by atoms with Crippen molar-refractivity contribution in [3.63, 3.8) is 0 Å². The van der Waals surface area contributed by atoms with Crippen LogP contribution in [0, 0.1) is 23.7 Å². The molecule has 2 aliphatic carbocycles. The predicted octanol–water partition coefficient (Wildman–Crippen LogP) is 4.98. The molecule has 138 valence electrons. The molecule has 2 aliphatic rings. The first-order valence-corrected chi connectivity index (χ1v) is 9.71. The van der Waals surface area contributed by atoms with Crippen LogP contribution in [0.4, 0.5) is 0 Å². The zero-order valence-electron chi connectivity index (χ0n) is 15.8. The van der Waals surface area contributed by atoms with Gasteiger partial charge in [0.1, 0.15) is 0 Å². The fourth-order valence-electron chi connectivity index (χ4n) is 5.27. The van der Waals surface area contributed by atoms with Gasteiger partial charge in [0, 0.05) is 11.1 Å². The van der Waals surface area contributed by atoms with Gasteiger partial charge in [0.15, 0.2) is 5.69 Å². The summed E-state index contributed by atoms with van der Waals surface area (Å²) in [4.78, 5) is 12.9. The smallest absolute Gasteiger partial charge is 0.272 e. The topological polar surface area (TPSA) is 57.8 Å². The third-order valence-electron chi connectivity index (χ3n) is 6.82. The van der Waals surface area contributed by atoms with Gasteiger partial charge < -0.3 is 5.32 Å². The summed E-state index contributed by atoms with van der Waals surface area (Å²) in [6.45, 7) is 8.87. The average molecular weight is 372 g/mol. The number of carbonyl (C=O) groups is 1. The molecule has 4 rings (SSSR count). The number of rotatable bonds is 3. The third kappa shape index (κ3) is 2.66. The second-order valence-electron chi connectivity index (χ2n) is 8.95. The van der Waals surface area contributed by atoms with Crippen LogP contribution < -0.4 is 5.32 Å². The number of aryl methyl sites for hydroxylation is 1. The summed E-state index contributed by atoms with van der Waals surface area (Å²) in [7, 11) is 0. The van der Waals surface area contributed by atoms with E-state index in [0.29, 0.717) is 11.6 Å². The molecule has 4 nitrogen and oxygen atoms in total. The number of hydrogen-bond acceptors (Lipinski definition) is 2. The molecule has 1 aromatic heterocycles. The van der Waals surface area contributed by atoms with Crippen LogP contribution in [-0.2, 0) is 0 Å². The van der Waals surface area contributed by atoms with Crippen LogP contribution in [0.1, 0.15) is 56.1 Å². The Morgan fingerprint density at radius 3 is 2.73 bits per heavy atom. The minimum atomic E-state index is -0.0926. The second-order valence-corrected chi connectivity index (χ2v) is 9.36. The van der Waals surface area contributed by atoms with Crippen LogP contribution in [0.15, 0.2) is 24.3 Å². The van der Waals surface area contributed by atoms with Crippen LogP contribution in [0.2, 0.25) is 5.02 Å². The Morgan fingerprint density at radius 1 is 1.31 bits per heavy atom. The fraction of sp³-hybridized carbons (Fsp3) is 0.524. The lowest BCUT2D eigenvalue weighted by Crippen LogP contribution is -2.52. The van der Waals surface area contributed by atoms with E-state index in [1.54, 1.807) is 0 Å². The van der Waals surface area contributed by atoms with Crippen molar-refractivity contribution in [2.24, 2.45) is 16.7 Å². The molecule has 0 radical (unpaired) electrons. The zero-order chi connectivity index (χ0) is 18.7. The number of hydrogen-bond donors (Lipinski definition) is 2. The number of aromatic nitrogens is 2. The van der Waals surface area contributed by atoms with Gasteiger partial charge in [0.05, 0.1) is 5.69 Å². The molecule has 2 aromatic rings. The molecule has 2 bridgehead atoms. The van der Waals surface area contributed by atoms with Gasteiger partial charge >= 0.3 is 0 Å². The van der Waals surface area contributed by atoms with Gasteiger partial charge in [-0.25, -0.2) is 0 Å². The summed E-state index contributed by atoms with van der Waals surface area (Å²) in [5, 5.41) is 11.3. The van der Waals surface area contributed by atoms with Crippen molar-refractivity contribution in [3.05, 3.63) is 40.5 Å². The molecule has 2 saturated carbocycles. The van der Waals surface area contributed by atoms with Crippen LogP contribution in [0.5, 0.6) is 0 Å². The maximum absolute atomic E-state index is 12.9. The number of carbonyl (C=O) groups excluding carboxylic acids is 1. The van der Waals surface area contributed by atoms with E-state index in [0.717, 1.165) is 21.8 Å². The molecule has 2 fully saturated rings.